The highest BCUT2D eigenvalue weighted by molar-refractivity contribution is 9.10. The van der Waals surface area contributed by atoms with Crippen molar-refractivity contribution in [3.63, 3.8) is 0 Å². The molecular weight excluding hydrogens is 546 g/mol. The zero-order valence-electron chi connectivity index (χ0n) is 20.5. The number of ether oxygens (including phenoxy) is 1. The fraction of sp³-hybridized carbons (Fsp3) is 0.100. The molecule has 4 aromatic rings. The maximum Gasteiger partial charge on any atom is 0.329 e. The van der Waals surface area contributed by atoms with Crippen LogP contribution in [0.15, 0.2) is 95.1 Å². The molecule has 1 heterocycles. The molecule has 1 fully saturated rings. The smallest absolute Gasteiger partial charge is 0.329 e. The van der Waals surface area contributed by atoms with Crippen molar-refractivity contribution < 1.29 is 19.1 Å². The molecule has 38 heavy (non-hydrogen) atoms. The molecule has 4 aromatic carbocycles. The molecule has 0 bridgehead atoms. The lowest BCUT2D eigenvalue weighted by atomic mass is 10.1. The molecule has 0 aromatic heterocycles. The van der Waals surface area contributed by atoms with Gasteiger partial charge in [0.25, 0.3) is 5.91 Å². The van der Waals surface area contributed by atoms with Gasteiger partial charge in [0.05, 0.1) is 4.47 Å². The molecule has 0 aliphatic carbocycles. The van der Waals surface area contributed by atoms with Gasteiger partial charge in [-0.3, -0.25) is 9.59 Å². The number of hydrogen-bond donors (Lipinski definition) is 2. The van der Waals surface area contributed by atoms with Gasteiger partial charge in [0.15, 0.2) is 0 Å². The Bertz CT molecular complexity index is 1600. The first-order valence-corrected chi connectivity index (χ1v) is 12.8. The van der Waals surface area contributed by atoms with Crippen LogP contribution in [0.4, 0.5) is 10.5 Å². The number of amides is 4. The summed E-state index contributed by atoms with van der Waals surface area (Å²) in [6, 6.07) is 26.4. The first-order chi connectivity index (χ1) is 18.4. The van der Waals surface area contributed by atoms with E-state index >= 15 is 0 Å². The second kappa shape index (κ2) is 10.9. The molecule has 2 N–H and O–H groups in total. The summed E-state index contributed by atoms with van der Waals surface area (Å²) in [5, 5.41) is 7.58. The maximum atomic E-state index is 12.8. The topological polar surface area (TPSA) is 87.7 Å². The molecule has 0 atom stereocenters. The number of rotatable bonds is 7. The highest BCUT2D eigenvalue weighted by Crippen LogP contribution is 2.28. The van der Waals surface area contributed by atoms with Crippen LogP contribution in [0, 0.1) is 6.92 Å². The molecule has 1 aliphatic rings. The second-order valence-corrected chi connectivity index (χ2v) is 9.81. The first-order valence-electron chi connectivity index (χ1n) is 12.0. The van der Waals surface area contributed by atoms with Gasteiger partial charge in [-0.2, -0.15) is 0 Å². The van der Waals surface area contributed by atoms with Crippen molar-refractivity contribution in [2.75, 3.05) is 11.9 Å². The van der Waals surface area contributed by atoms with E-state index in [2.05, 4.69) is 50.8 Å². The Hall–Kier alpha value is -4.43. The number of halogens is 1. The Morgan fingerprint density at radius 3 is 2.58 bits per heavy atom. The molecule has 0 unspecified atom stereocenters. The van der Waals surface area contributed by atoms with Crippen LogP contribution >= 0.6 is 15.9 Å². The van der Waals surface area contributed by atoms with E-state index in [9.17, 15) is 14.4 Å². The normalized spacial score (nSPS) is 14.2. The minimum atomic E-state index is -0.643. The van der Waals surface area contributed by atoms with Crippen LogP contribution in [0.1, 0.15) is 16.7 Å². The van der Waals surface area contributed by atoms with Gasteiger partial charge in [-0.1, -0.05) is 54.6 Å². The Labute approximate surface area is 228 Å². The number of aryl methyl sites for hydroxylation is 1. The van der Waals surface area contributed by atoms with Crippen molar-refractivity contribution in [2.24, 2.45) is 0 Å². The van der Waals surface area contributed by atoms with Gasteiger partial charge in [-0.05, 0) is 86.7 Å². The molecule has 0 spiro atoms. The monoisotopic (exact) mass is 569 g/mol. The van der Waals surface area contributed by atoms with Crippen LogP contribution in [-0.2, 0) is 16.2 Å². The van der Waals surface area contributed by atoms with Crippen LogP contribution in [-0.4, -0.2) is 29.3 Å². The van der Waals surface area contributed by atoms with E-state index in [-0.39, 0.29) is 12.2 Å². The first kappa shape index (κ1) is 25.2. The van der Waals surface area contributed by atoms with Gasteiger partial charge >= 0.3 is 6.03 Å². The third kappa shape index (κ3) is 5.76. The van der Waals surface area contributed by atoms with Crippen LogP contribution in [0.2, 0.25) is 0 Å². The molecule has 7 nitrogen and oxygen atoms in total. The predicted molar refractivity (Wildman–Crippen MR) is 150 cm³/mol. The van der Waals surface area contributed by atoms with Gasteiger partial charge in [-0.25, -0.2) is 9.69 Å². The zero-order chi connectivity index (χ0) is 26.6. The number of nitrogens with one attached hydrogen (secondary N) is 2. The second-order valence-electron chi connectivity index (χ2n) is 8.96. The lowest BCUT2D eigenvalue weighted by molar-refractivity contribution is -0.127. The summed E-state index contributed by atoms with van der Waals surface area (Å²) in [7, 11) is 0. The maximum absolute atomic E-state index is 12.8. The molecule has 5 rings (SSSR count). The molecule has 4 amide bonds. The number of anilines is 1. The van der Waals surface area contributed by atoms with Crippen molar-refractivity contribution in [2.45, 2.75) is 13.5 Å². The average molecular weight is 570 g/mol. The predicted octanol–water partition coefficient (Wildman–Crippen LogP) is 6.02. The number of hydrogen-bond acceptors (Lipinski definition) is 4. The Morgan fingerprint density at radius 2 is 1.79 bits per heavy atom. The summed E-state index contributed by atoms with van der Waals surface area (Å²) in [4.78, 5) is 38.5. The lowest BCUT2D eigenvalue weighted by Crippen LogP contribution is -2.38. The fourth-order valence-corrected chi connectivity index (χ4v) is 4.67. The van der Waals surface area contributed by atoms with Crippen LogP contribution < -0.4 is 15.4 Å². The molecule has 1 saturated heterocycles. The number of benzene rings is 4. The van der Waals surface area contributed by atoms with E-state index < -0.39 is 17.8 Å². The van der Waals surface area contributed by atoms with Gasteiger partial charge in [-0.15, -0.1) is 0 Å². The molecular formula is C30H24BrN3O4. The van der Waals surface area contributed by atoms with Gasteiger partial charge in [0.2, 0.25) is 5.91 Å². The molecule has 0 saturated carbocycles. The number of carbonyl (C=O) groups is 3. The largest absolute Gasteiger partial charge is 0.488 e. The molecule has 1 aliphatic heterocycles. The standard InChI is InChI=1S/C30H24BrN3O4/c1-19-5-4-8-24(13-19)32-28(35)17-34-29(36)26(33-30(34)37)16-20-10-12-27(25(31)15-20)38-18-21-9-11-22-6-2-3-7-23(22)14-21/h2-16H,17-18H2,1H3,(H,32,35)(H,33,37)/b26-16+. The van der Waals surface area contributed by atoms with E-state index in [1.165, 1.54) is 5.39 Å². The average Bonchev–Trinajstić information content (AvgIpc) is 3.15. The summed E-state index contributed by atoms with van der Waals surface area (Å²) in [5.74, 6) is -0.380. The number of imide groups is 1. The third-order valence-corrected chi connectivity index (χ3v) is 6.66. The van der Waals surface area contributed by atoms with E-state index in [4.69, 9.17) is 4.74 Å². The van der Waals surface area contributed by atoms with Crippen molar-refractivity contribution in [1.29, 1.82) is 0 Å². The summed E-state index contributed by atoms with van der Waals surface area (Å²) in [6.07, 6.45) is 1.57. The molecule has 0 radical (unpaired) electrons. The lowest BCUT2D eigenvalue weighted by Gasteiger charge is -2.12. The molecule has 190 valence electrons. The van der Waals surface area contributed by atoms with Gasteiger partial charge in [0.1, 0.15) is 24.6 Å². The fourth-order valence-electron chi connectivity index (χ4n) is 4.16. The van der Waals surface area contributed by atoms with Crippen molar-refractivity contribution >= 4 is 56.3 Å². The van der Waals surface area contributed by atoms with Gasteiger partial charge < -0.3 is 15.4 Å². The van der Waals surface area contributed by atoms with Crippen LogP contribution in [0.3, 0.4) is 0 Å². The zero-order valence-corrected chi connectivity index (χ0v) is 22.1. The Balaban J connectivity index is 1.22. The number of nitrogens with zero attached hydrogens (tertiary/aromatic N) is 1. The SMILES string of the molecule is Cc1cccc(NC(=O)CN2C(=O)N/C(=C/c3ccc(OCc4ccc5ccccc5c4)c(Br)c3)C2=O)c1. The van der Waals surface area contributed by atoms with E-state index in [1.54, 1.807) is 30.3 Å². The van der Waals surface area contributed by atoms with E-state index in [1.807, 2.05) is 43.3 Å². The van der Waals surface area contributed by atoms with Crippen LogP contribution in [0.25, 0.3) is 16.8 Å². The number of carbonyl (C=O) groups excluding carboxylic acids is 3. The quantitative estimate of drug-likeness (QED) is 0.210. The highest BCUT2D eigenvalue weighted by atomic mass is 79.9. The minimum absolute atomic E-state index is 0.0927. The summed E-state index contributed by atoms with van der Waals surface area (Å²) in [6.45, 7) is 1.92. The van der Waals surface area contributed by atoms with E-state index in [0.717, 1.165) is 21.4 Å². The molecule has 8 heteroatoms. The summed E-state index contributed by atoms with van der Waals surface area (Å²) < 4.78 is 6.70. The van der Waals surface area contributed by atoms with Gasteiger partial charge in [0, 0.05) is 5.69 Å². The van der Waals surface area contributed by atoms with Crippen LogP contribution in [0.5, 0.6) is 5.75 Å². The number of urea groups is 1. The van der Waals surface area contributed by atoms with Crippen molar-refractivity contribution in [3.8, 4) is 5.75 Å². The Morgan fingerprint density at radius 1 is 0.974 bits per heavy atom. The van der Waals surface area contributed by atoms with Crippen molar-refractivity contribution in [1.82, 2.24) is 10.2 Å². The third-order valence-electron chi connectivity index (χ3n) is 6.04. The number of fused-ring (bicyclic) bond motifs is 1. The van der Waals surface area contributed by atoms with Crippen molar-refractivity contribution in [3.05, 3.63) is 112 Å². The van der Waals surface area contributed by atoms with E-state index in [0.29, 0.717) is 28.1 Å². The Kier molecular flexibility index (Phi) is 7.24. The highest BCUT2D eigenvalue weighted by Gasteiger charge is 2.35. The minimum Gasteiger partial charge on any atom is -0.488 e. The summed E-state index contributed by atoms with van der Waals surface area (Å²) in [5.41, 5.74) is 3.41. The summed E-state index contributed by atoms with van der Waals surface area (Å²) >= 11 is 3.53.